The average molecular weight is 333 g/mol. The van der Waals surface area contributed by atoms with Crippen molar-refractivity contribution in [3.05, 3.63) is 39.0 Å². The molecule has 1 aromatic carbocycles. The average Bonchev–Trinajstić information content (AvgIpc) is 2.52. The maximum Gasteiger partial charge on any atom is 0.280 e. The van der Waals surface area contributed by atoms with E-state index in [0.717, 1.165) is 16.8 Å². The first kappa shape index (κ1) is 12.7. The Kier molecular flexibility index (Phi) is 3.62. The van der Waals surface area contributed by atoms with Crippen molar-refractivity contribution in [2.45, 2.75) is 0 Å². The highest BCUT2D eigenvalue weighted by atomic mass is 79.9. The van der Waals surface area contributed by atoms with Crippen molar-refractivity contribution >= 4 is 56.2 Å². The van der Waals surface area contributed by atoms with E-state index in [0.29, 0.717) is 19.3 Å². The molecular formula is C10H6BrFN2OS2. The number of amides is 1. The SMILES string of the molecule is NN1C(=O)/C(=C/c2ccc(F)c(Br)c2)SC1=S. The van der Waals surface area contributed by atoms with E-state index in [4.69, 9.17) is 18.1 Å². The molecule has 0 aliphatic carbocycles. The number of hydrogen-bond donors (Lipinski definition) is 1. The van der Waals surface area contributed by atoms with Crippen LogP contribution in [0.1, 0.15) is 5.56 Å². The van der Waals surface area contributed by atoms with Gasteiger partial charge in [-0.2, -0.15) is 0 Å². The number of carbonyl (C=O) groups excluding carboxylic acids is 1. The lowest BCUT2D eigenvalue weighted by molar-refractivity contribution is -0.122. The zero-order valence-electron chi connectivity index (χ0n) is 8.31. The molecule has 2 N–H and O–H groups in total. The minimum Gasteiger partial charge on any atom is -0.267 e. The van der Waals surface area contributed by atoms with Crippen LogP contribution in [-0.4, -0.2) is 15.2 Å². The molecule has 0 atom stereocenters. The fraction of sp³-hybridized carbons (Fsp3) is 0. The van der Waals surface area contributed by atoms with E-state index in [-0.39, 0.29) is 11.7 Å². The summed E-state index contributed by atoms with van der Waals surface area (Å²) in [5.74, 6) is 4.73. The van der Waals surface area contributed by atoms with Crippen molar-refractivity contribution in [3.63, 3.8) is 0 Å². The minimum absolute atomic E-state index is 0.308. The van der Waals surface area contributed by atoms with Gasteiger partial charge in [0, 0.05) is 0 Å². The van der Waals surface area contributed by atoms with Crippen LogP contribution in [0.4, 0.5) is 4.39 Å². The van der Waals surface area contributed by atoms with Gasteiger partial charge in [0.2, 0.25) is 0 Å². The second-order valence-electron chi connectivity index (χ2n) is 3.23. The zero-order valence-corrected chi connectivity index (χ0v) is 11.5. The Morgan fingerprint density at radius 1 is 1.53 bits per heavy atom. The van der Waals surface area contributed by atoms with E-state index in [1.165, 1.54) is 6.07 Å². The van der Waals surface area contributed by atoms with E-state index in [1.807, 2.05) is 0 Å². The first-order valence-corrected chi connectivity index (χ1v) is 6.48. The number of rotatable bonds is 1. The molecular weight excluding hydrogens is 327 g/mol. The van der Waals surface area contributed by atoms with Crippen LogP contribution in [0.25, 0.3) is 6.08 Å². The monoisotopic (exact) mass is 332 g/mol. The van der Waals surface area contributed by atoms with Crippen LogP contribution < -0.4 is 5.84 Å². The standard InChI is InChI=1S/C10H6BrFN2OS2/c11-6-3-5(1-2-7(6)12)4-8-9(15)14(13)10(16)17-8/h1-4H,13H2/b8-4-. The predicted molar refractivity (Wildman–Crippen MR) is 73.3 cm³/mol. The summed E-state index contributed by atoms with van der Waals surface area (Å²) in [5, 5.41) is 0.921. The lowest BCUT2D eigenvalue weighted by atomic mass is 10.2. The highest BCUT2D eigenvalue weighted by molar-refractivity contribution is 9.10. The lowest BCUT2D eigenvalue weighted by Gasteiger charge is -2.03. The van der Waals surface area contributed by atoms with Gasteiger partial charge in [0.1, 0.15) is 5.82 Å². The second kappa shape index (κ2) is 4.85. The molecule has 88 valence electrons. The van der Waals surface area contributed by atoms with Gasteiger partial charge in [-0.1, -0.05) is 30.0 Å². The van der Waals surface area contributed by atoms with E-state index in [2.05, 4.69) is 15.9 Å². The molecule has 0 saturated carbocycles. The van der Waals surface area contributed by atoms with E-state index in [9.17, 15) is 9.18 Å². The van der Waals surface area contributed by atoms with E-state index < -0.39 is 0 Å². The fourth-order valence-electron chi connectivity index (χ4n) is 1.23. The van der Waals surface area contributed by atoms with Gasteiger partial charge in [-0.05, 0) is 39.7 Å². The van der Waals surface area contributed by atoms with Gasteiger partial charge < -0.3 is 0 Å². The molecule has 2 rings (SSSR count). The Hall–Kier alpha value is -0.760. The largest absolute Gasteiger partial charge is 0.280 e. The van der Waals surface area contributed by atoms with Crippen LogP contribution in [0.15, 0.2) is 27.6 Å². The number of hydrazine groups is 1. The number of benzene rings is 1. The maximum absolute atomic E-state index is 13.0. The third-order valence-electron chi connectivity index (χ3n) is 2.06. The normalized spacial score (nSPS) is 18.3. The first-order chi connectivity index (χ1) is 7.99. The van der Waals surface area contributed by atoms with Gasteiger partial charge in [-0.25, -0.2) is 15.2 Å². The minimum atomic E-state index is -0.353. The number of halogens is 2. The second-order valence-corrected chi connectivity index (χ2v) is 5.76. The van der Waals surface area contributed by atoms with Gasteiger partial charge in [-0.3, -0.25) is 4.79 Å². The summed E-state index contributed by atoms with van der Waals surface area (Å²) in [6.07, 6.45) is 1.62. The smallest absolute Gasteiger partial charge is 0.267 e. The molecule has 0 unspecified atom stereocenters. The lowest BCUT2D eigenvalue weighted by Crippen LogP contribution is -2.34. The molecule has 17 heavy (non-hydrogen) atoms. The predicted octanol–water partition coefficient (Wildman–Crippen LogP) is 2.66. The number of thiocarbonyl (C=S) groups is 1. The Morgan fingerprint density at radius 2 is 2.24 bits per heavy atom. The molecule has 1 fully saturated rings. The van der Waals surface area contributed by atoms with Crippen LogP contribution in [0, 0.1) is 5.82 Å². The molecule has 1 heterocycles. The first-order valence-electron chi connectivity index (χ1n) is 4.47. The molecule has 1 aliphatic rings. The quantitative estimate of drug-likeness (QED) is 0.371. The molecule has 1 saturated heterocycles. The summed E-state index contributed by atoms with van der Waals surface area (Å²) < 4.78 is 13.7. The van der Waals surface area contributed by atoms with Crippen molar-refractivity contribution in [2.75, 3.05) is 0 Å². The van der Waals surface area contributed by atoms with Crippen molar-refractivity contribution in [1.82, 2.24) is 5.01 Å². The summed E-state index contributed by atoms with van der Waals surface area (Å²) in [6.45, 7) is 0. The number of carbonyl (C=O) groups is 1. The maximum atomic E-state index is 13.0. The summed E-state index contributed by atoms with van der Waals surface area (Å²) in [6, 6.07) is 4.47. The van der Waals surface area contributed by atoms with E-state index in [1.54, 1.807) is 18.2 Å². The molecule has 0 aromatic heterocycles. The summed E-state index contributed by atoms with van der Waals surface area (Å²) in [5.41, 5.74) is 0.701. The Bertz CT molecular complexity index is 547. The van der Waals surface area contributed by atoms with Crippen LogP contribution in [0.2, 0.25) is 0 Å². The summed E-state index contributed by atoms with van der Waals surface area (Å²) in [4.78, 5) is 12.0. The van der Waals surface area contributed by atoms with Crippen molar-refractivity contribution in [1.29, 1.82) is 0 Å². The number of nitrogens with zero attached hydrogens (tertiary/aromatic N) is 1. The topological polar surface area (TPSA) is 46.3 Å². The van der Waals surface area contributed by atoms with Gasteiger partial charge in [0.15, 0.2) is 4.32 Å². The van der Waals surface area contributed by atoms with Crippen molar-refractivity contribution < 1.29 is 9.18 Å². The Morgan fingerprint density at radius 3 is 2.76 bits per heavy atom. The highest BCUT2D eigenvalue weighted by Crippen LogP contribution is 2.31. The molecule has 7 heteroatoms. The summed E-state index contributed by atoms with van der Waals surface area (Å²) >= 11 is 9.09. The Balaban J connectivity index is 2.34. The Labute approximate surface area is 115 Å². The zero-order chi connectivity index (χ0) is 12.6. The molecule has 0 spiro atoms. The third kappa shape index (κ3) is 2.57. The number of thioether (sulfide) groups is 1. The van der Waals surface area contributed by atoms with Crippen molar-refractivity contribution in [2.24, 2.45) is 5.84 Å². The van der Waals surface area contributed by atoms with Gasteiger partial charge in [0.05, 0.1) is 9.38 Å². The molecule has 3 nitrogen and oxygen atoms in total. The van der Waals surface area contributed by atoms with Crippen LogP contribution in [0.5, 0.6) is 0 Å². The molecule has 1 aliphatic heterocycles. The molecule has 1 amide bonds. The summed E-state index contributed by atoms with van der Waals surface area (Å²) in [7, 11) is 0. The number of nitrogens with two attached hydrogens (primary N) is 1. The van der Waals surface area contributed by atoms with E-state index >= 15 is 0 Å². The third-order valence-corrected chi connectivity index (χ3v) is 4.00. The van der Waals surface area contributed by atoms with Gasteiger partial charge in [-0.15, -0.1) is 0 Å². The number of hydrogen-bond acceptors (Lipinski definition) is 4. The van der Waals surface area contributed by atoms with Crippen LogP contribution in [0.3, 0.4) is 0 Å². The molecule has 0 bridgehead atoms. The fourth-order valence-corrected chi connectivity index (χ4v) is 2.73. The van der Waals surface area contributed by atoms with Crippen LogP contribution >= 0.6 is 39.9 Å². The van der Waals surface area contributed by atoms with Gasteiger partial charge in [0.25, 0.3) is 5.91 Å². The highest BCUT2D eigenvalue weighted by Gasteiger charge is 2.29. The molecule has 0 radical (unpaired) electrons. The van der Waals surface area contributed by atoms with Gasteiger partial charge >= 0.3 is 0 Å². The molecule has 1 aromatic rings. The van der Waals surface area contributed by atoms with Crippen LogP contribution in [-0.2, 0) is 4.79 Å². The van der Waals surface area contributed by atoms with Crippen molar-refractivity contribution in [3.8, 4) is 0 Å².